The summed E-state index contributed by atoms with van der Waals surface area (Å²) in [7, 11) is 0. The first-order valence-electron chi connectivity index (χ1n) is 7.91. The van der Waals surface area contributed by atoms with Crippen LogP contribution >= 0.6 is 34.7 Å². The van der Waals surface area contributed by atoms with E-state index in [4.69, 9.17) is 11.6 Å². The zero-order valence-electron chi connectivity index (χ0n) is 14.1. The van der Waals surface area contributed by atoms with E-state index in [1.54, 1.807) is 35.6 Å². The van der Waals surface area contributed by atoms with E-state index in [9.17, 15) is 9.59 Å². The number of halogens is 1. The first kappa shape index (κ1) is 19.8. The van der Waals surface area contributed by atoms with Crippen molar-refractivity contribution in [1.82, 2.24) is 5.32 Å². The van der Waals surface area contributed by atoms with Crippen molar-refractivity contribution in [3.8, 4) is 0 Å². The van der Waals surface area contributed by atoms with Gasteiger partial charge in [0.25, 0.3) is 0 Å². The lowest BCUT2D eigenvalue weighted by Crippen LogP contribution is -2.32. The van der Waals surface area contributed by atoms with Crippen LogP contribution in [0.1, 0.15) is 24.8 Å². The van der Waals surface area contributed by atoms with Crippen LogP contribution in [-0.4, -0.2) is 23.3 Å². The minimum Gasteiger partial charge on any atom is -0.348 e. The molecule has 4 nitrogen and oxygen atoms in total. The molecule has 0 saturated heterocycles. The Balaban J connectivity index is 1.74. The van der Waals surface area contributed by atoms with Gasteiger partial charge in [-0.3, -0.25) is 9.59 Å². The zero-order chi connectivity index (χ0) is 18.2. The van der Waals surface area contributed by atoms with Gasteiger partial charge in [-0.2, -0.15) is 0 Å². The molecule has 0 spiro atoms. The van der Waals surface area contributed by atoms with Crippen molar-refractivity contribution in [3.05, 3.63) is 51.7 Å². The van der Waals surface area contributed by atoms with E-state index in [2.05, 4.69) is 24.5 Å². The molecule has 0 aliphatic heterocycles. The summed E-state index contributed by atoms with van der Waals surface area (Å²) < 4.78 is 0. The van der Waals surface area contributed by atoms with Gasteiger partial charge < -0.3 is 10.6 Å². The van der Waals surface area contributed by atoms with Gasteiger partial charge in [-0.05, 0) is 41.6 Å². The highest BCUT2D eigenvalue weighted by Gasteiger charge is 2.19. The summed E-state index contributed by atoms with van der Waals surface area (Å²) in [6, 6.07) is 10.9. The average molecular weight is 397 g/mol. The molecule has 1 heterocycles. The summed E-state index contributed by atoms with van der Waals surface area (Å²) in [6.45, 7) is 4.16. The molecule has 0 unspecified atom stereocenters. The van der Waals surface area contributed by atoms with Gasteiger partial charge in [-0.25, -0.2) is 0 Å². The van der Waals surface area contributed by atoms with Gasteiger partial charge in [-0.15, -0.1) is 23.1 Å². The lowest BCUT2D eigenvalue weighted by Gasteiger charge is -2.21. The Morgan fingerprint density at radius 1 is 1.12 bits per heavy atom. The molecule has 0 bridgehead atoms. The molecule has 0 radical (unpaired) electrons. The largest absolute Gasteiger partial charge is 0.348 e. The zero-order valence-corrected chi connectivity index (χ0v) is 16.5. The minimum absolute atomic E-state index is 0.0102. The minimum atomic E-state index is -0.140. The number of thioether (sulfide) groups is 1. The Labute approximate surface area is 161 Å². The topological polar surface area (TPSA) is 58.2 Å². The van der Waals surface area contributed by atoms with E-state index in [1.807, 2.05) is 17.5 Å². The molecule has 0 fully saturated rings. The van der Waals surface area contributed by atoms with Crippen LogP contribution in [0.25, 0.3) is 0 Å². The number of rotatable bonds is 8. The van der Waals surface area contributed by atoms with Crippen LogP contribution in [0.2, 0.25) is 5.02 Å². The summed E-state index contributed by atoms with van der Waals surface area (Å²) in [4.78, 5) is 25.2. The standard InChI is InChI=1S/C18H21ClN2O2S2/c1-12(2)18(15-4-3-9-25-15)21-17(23)11-24-10-16(22)20-14-7-5-13(19)6-8-14/h3-9,12,18H,10-11H2,1-2H3,(H,20,22)(H,21,23)/t18-/m1/s1. The first-order chi connectivity index (χ1) is 12.0. The molecule has 0 aliphatic rings. The van der Waals surface area contributed by atoms with Gasteiger partial charge in [0, 0.05) is 15.6 Å². The predicted molar refractivity (Wildman–Crippen MR) is 107 cm³/mol. The van der Waals surface area contributed by atoms with Crippen molar-refractivity contribution in [2.24, 2.45) is 5.92 Å². The van der Waals surface area contributed by atoms with Gasteiger partial charge in [-0.1, -0.05) is 31.5 Å². The third kappa shape index (κ3) is 6.72. The Bertz CT molecular complexity index is 688. The van der Waals surface area contributed by atoms with Gasteiger partial charge in [0.1, 0.15) is 0 Å². The van der Waals surface area contributed by atoms with E-state index in [1.165, 1.54) is 11.8 Å². The monoisotopic (exact) mass is 396 g/mol. The third-order valence-electron chi connectivity index (χ3n) is 3.43. The summed E-state index contributed by atoms with van der Waals surface area (Å²) in [6.07, 6.45) is 0. The van der Waals surface area contributed by atoms with Crippen LogP contribution in [-0.2, 0) is 9.59 Å². The molecular weight excluding hydrogens is 376 g/mol. The fourth-order valence-electron chi connectivity index (χ4n) is 2.22. The van der Waals surface area contributed by atoms with Gasteiger partial charge in [0.2, 0.25) is 11.8 Å². The van der Waals surface area contributed by atoms with Crippen molar-refractivity contribution in [1.29, 1.82) is 0 Å². The number of carbonyl (C=O) groups is 2. The van der Waals surface area contributed by atoms with Crippen LogP contribution in [0.5, 0.6) is 0 Å². The Morgan fingerprint density at radius 3 is 2.40 bits per heavy atom. The van der Waals surface area contributed by atoms with Crippen molar-refractivity contribution in [2.45, 2.75) is 19.9 Å². The Morgan fingerprint density at radius 2 is 1.80 bits per heavy atom. The quantitative estimate of drug-likeness (QED) is 0.686. The molecule has 1 aromatic carbocycles. The number of nitrogens with one attached hydrogen (secondary N) is 2. The molecule has 2 N–H and O–H groups in total. The lowest BCUT2D eigenvalue weighted by atomic mass is 10.0. The van der Waals surface area contributed by atoms with Crippen molar-refractivity contribution >= 4 is 52.2 Å². The molecule has 25 heavy (non-hydrogen) atoms. The highest BCUT2D eigenvalue weighted by molar-refractivity contribution is 8.00. The second-order valence-corrected chi connectivity index (χ2v) is 8.25. The van der Waals surface area contributed by atoms with E-state index in [-0.39, 0.29) is 29.4 Å². The summed E-state index contributed by atoms with van der Waals surface area (Å²) >= 11 is 8.74. The number of amides is 2. The van der Waals surface area contributed by atoms with Gasteiger partial charge in [0.15, 0.2) is 0 Å². The molecule has 0 saturated carbocycles. The Kier molecular flexibility index (Phi) is 7.81. The highest BCUT2D eigenvalue weighted by atomic mass is 35.5. The number of hydrogen-bond acceptors (Lipinski definition) is 4. The van der Waals surface area contributed by atoms with Crippen molar-refractivity contribution in [3.63, 3.8) is 0 Å². The highest BCUT2D eigenvalue weighted by Crippen LogP contribution is 2.25. The van der Waals surface area contributed by atoms with Gasteiger partial charge >= 0.3 is 0 Å². The first-order valence-corrected chi connectivity index (χ1v) is 10.3. The van der Waals surface area contributed by atoms with Crippen LogP contribution in [0.15, 0.2) is 41.8 Å². The molecule has 134 valence electrons. The molecular formula is C18H21ClN2O2S2. The van der Waals surface area contributed by atoms with Crippen LogP contribution in [0.4, 0.5) is 5.69 Å². The third-order valence-corrected chi connectivity index (χ3v) is 5.57. The molecule has 7 heteroatoms. The SMILES string of the molecule is CC(C)[C@@H](NC(=O)CSCC(=O)Nc1ccc(Cl)cc1)c1cccs1. The maximum atomic E-state index is 12.2. The predicted octanol–water partition coefficient (Wildman–Crippen LogP) is 4.59. The van der Waals surface area contributed by atoms with E-state index >= 15 is 0 Å². The lowest BCUT2D eigenvalue weighted by molar-refractivity contribution is -0.119. The maximum absolute atomic E-state index is 12.2. The number of hydrogen-bond donors (Lipinski definition) is 2. The number of anilines is 1. The summed E-state index contributed by atoms with van der Waals surface area (Å²) in [5.74, 6) is 0.584. The second kappa shape index (κ2) is 9.85. The summed E-state index contributed by atoms with van der Waals surface area (Å²) in [5, 5.41) is 8.46. The molecule has 2 amide bonds. The number of carbonyl (C=O) groups excluding carboxylic acids is 2. The normalized spacial score (nSPS) is 12.0. The van der Waals surface area contributed by atoms with E-state index in [0.717, 1.165) is 4.88 Å². The van der Waals surface area contributed by atoms with Crippen molar-refractivity contribution in [2.75, 3.05) is 16.8 Å². The maximum Gasteiger partial charge on any atom is 0.234 e. The molecule has 1 atom stereocenters. The average Bonchev–Trinajstić information content (AvgIpc) is 3.08. The van der Waals surface area contributed by atoms with Crippen LogP contribution < -0.4 is 10.6 Å². The number of benzene rings is 1. The van der Waals surface area contributed by atoms with E-state index < -0.39 is 0 Å². The molecule has 1 aromatic heterocycles. The fraction of sp³-hybridized carbons (Fsp3) is 0.333. The summed E-state index contributed by atoms with van der Waals surface area (Å²) in [5.41, 5.74) is 0.692. The van der Waals surface area contributed by atoms with Crippen molar-refractivity contribution < 1.29 is 9.59 Å². The molecule has 2 aromatic rings. The second-order valence-electron chi connectivity index (χ2n) is 5.85. The Hall–Kier alpha value is -1.50. The fourth-order valence-corrected chi connectivity index (χ4v) is 3.92. The molecule has 2 rings (SSSR count). The smallest absolute Gasteiger partial charge is 0.234 e. The van der Waals surface area contributed by atoms with Crippen LogP contribution in [0.3, 0.4) is 0 Å². The molecule has 0 aliphatic carbocycles. The number of thiophene rings is 1. The van der Waals surface area contributed by atoms with E-state index in [0.29, 0.717) is 16.6 Å². The van der Waals surface area contributed by atoms with Crippen LogP contribution in [0, 0.1) is 5.92 Å². The van der Waals surface area contributed by atoms with Gasteiger partial charge in [0.05, 0.1) is 17.5 Å².